The van der Waals surface area contributed by atoms with Crippen molar-refractivity contribution in [1.29, 1.82) is 0 Å². The van der Waals surface area contributed by atoms with Gasteiger partial charge in [-0.05, 0) is 12.1 Å². The van der Waals surface area contributed by atoms with E-state index in [2.05, 4.69) is 20.9 Å². The highest BCUT2D eigenvalue weighted by Crippen LogP contribution is 2.41. The average molecular weight is 1240 g/mol. The molecule has 36 heteroatoms. The van der Waals surface area contributed by atoms with Crippen LogP contribution in [0.15, 0.2) is 24.4 Å². The Labute approximate surface area is 483 Å². The molecule has 0 radical (unpaired) electrons. The van der Waals surface area contributed by atoms with Gasteiger partial charge in [-0.1, -0.05) is 13.0 Å². The summed E-state index contributed by atoms with van der Waals surface area (Å²) < 4.78 is 53.3. The minimum atomic E-state index is -3.27. The molecule has 488 valence electrons. The molecule has 5 aliphatic rings. The van der Waals surface area contributed by atoms with E-state index in [4.69, 9.17) is 42.6 Å². The lowest BCUT2D eigenvalue weighted by Crippen LogP contribution is -2.72. The molecule has 85 heavy (non-hydrogen) atoms. The Bertz CT molecular complexity index is 2240. The summed E-state index contributed by atoms with van der Waals surface area (Å²) >= 11 is 0. The number of aromatic nitrogens is 1. The molecule has 4 saturated heterocycles. The Hall–Kier alpha value is -3.76. The predicted molar refractivity (Wildman–Crippen MR) is 271 cm³/mol. The molecular weight excluding hydrogens is 1160 g/mol. The van der Waals surface area contributed by atoms with Crippen molar-refractivity contribution >= 4 is 23.6 Å². The van der Waals surface area contributed by atoms with Gasteiger partial charge in [0.1, 0.15) is 134 Å². The van der Waals surface area contributed by atoms with Crippen molar-refractivity contribution in [2.75, 3.05) is 44.9 Å². The maximum atomic E-state index is 13.3. The third-order valence-electron chi connectivity index (χ3n) is 15.4. The normalized spacial score (nSPS) is 42.0. The third kappa shape index (κ3) is 15.8. The van der Waals surface area contributed by atoms with Crippen molar-refractivity contribution in [2.45, 2.75) is 210 Å². The molecule has 0 spiro atoms. The number of nitrogens with zero attached hydrogens (tertiary/aromatic N) is 1. The molecule has 1 aromatic rings. The van der Waals surface area contributed by atoms with Gasteiger partial charge in [-0.25, -0.2) is 9.78 Å². The fourth-order valence-electron chi connectivity index (χ4n) is 10.7. The standard InChI is InChI=1S/C49H80N4O32/c1-15-28(65)34(71)35(72)42(29(15)66)80-41-27(53-17(3)60)45(83-43-32(69)22(12-56)77-46(36(43)73)81-38(21(64)11-55)30(67)19(62)9-51-25-6-4-5-7-50-25)79-24(14-58)39(41)82-47-37(74)44(33(70)23(13-57)78-47)85-49(48(75)76)8-18(61)26(52-16(2)59)40(84-49)31(68)20(63)10-54/h4-7,15,18-24,26-47,54-58,61-74H,8-14H2,1-3H3,(H,50,51)(H,52,59)(H,53,60)(H,75,76)/t15-,18-,19-,20+,21+,22+,23+,24+,26+,27+,28+,29+,30+,31+,32-,33-,34+,35-,36+,37+,38+,39+,40+,41+,42+,43-,44-,45-,46-,47-,49-/m0/s1. The average Bonchev–Trinajstić information content (AvgIpc) is 3.48. The van der Waals surface area contributed by atoms with E-state index in [1.54, 1.807) is 12.1 Å². The van der Waals surface area contributed by atoms with Gasteiger partial charge in [0.15, 0.2) is 18.9 Å². The van der Waals surface area contributed by atoms with Gasteiger partial charge in [-0.2, -0.15) is 0 Å². The lowest BCUT2D eigenvalue weighted by molar-refractivity contribution is -0.392. The van der Waals surface area contributed by atoms with Gasteiger partial charge in [-0.3, -0.25) is 9.59 Å². The Morgan fingerprint density at radius 3 is 1.74 bits per heavy atom. The van der Waals surface area contributed by atoms with E-state index in [0.717, 1.165) is 13.8 Å². The second-order valence-electron chi connectivity index (χ2n) is 21.4. The minimum absolute atomic E-state index is 0.251. The SMILES string of the molecule is CC(=O)N[C@H]1[C@H](O[C@H]2[C@@H](O)[C@@H](CO)O[C@@H](O[C@@H]([C@H](O)[C@@H](O)CNc3ccccn3)[C@H](O)CO)[C@@H]2O)O[C@H](CO)[C@@H](O[C@@H]2O[C@H](CO)[C@H](O)[C@H](O[C@]3(C(=O)O)C[C@H](O)[C@@H](NC(C)=O)[C@H]([C@H](O)[C@H](O)CO)O3)[C@H]2O)[C@@H]1O[C@@H]1[C@H](O)[C@@H](C)[C@@H](O)[C@@H](O)[C@@H]1O. The fraction of sp³-hybridized carbons (Fsp3) is 0.837. The Balaban J connectivity index is 1.37. The molecule has 1 saturated carbocycles. The number of nitrogens with one attached hydrogen (secondary N) is 3. The van der Waals surface area contributed by atoms with Crippen molar-refractivity contribution in [3.63, 3.8) is 0 Å². The van der Waals surface area contributed by atoms with Crippen LogP contribution >= 0.6 is 0 Å². The smallest absolute Gasteiger partial charge is 0.364 e. The molecule has 23 N–H and O–H groups in total. The second kappa shape index (κ2) is 30.6. The molecule has 0 aromatic carbocycles. The van der Waals surface area contributed by atoms with E-state index in [-0.39, 0.29) is 5.82 Å². The van der Waals surface area contributed by atoms with Crippen LogP contribution in [-0.2, 0) is 57.0 Å². The van der Waals surface area contributed by atoms with Crippen LogP contribution in [0.3, 0.4) is 0 Å². The number of aliphatic carboxylic acids is 1. The lowest BCUT2D eigenvalue weighted by Gasteiger charge is -2.53. The van der Waals surface area contributed by atoms with E-state index in [0.29, 0.717) is 0 Å². The Kier molecular flexibility index (Phi) is 25.3. The number of carboxylic acids is 1. The van der Waals surface area contributed by atoms with Gasteiger partial charge in [0.05, 0.1) is 63.5 Å². The summed E-state index contributed by atoms with van der Waals surface area (Å²) in [5, 5.41) is 227. The van der Waals surface area contributed by atoms with Crippen LogP contribution in [0.2, 0.25) is 0 Å². The molecular formula is C49H80N4O32. The largest absolute Gasteiger partial charge is 0.477 e. The van der Waals surface area contributed by atoms with Crippen molar-refractivity contribution in [2.24, 2.45) is 5.92 Å². The zero-order valence-corrected chi connectivity index (χ0v) is 45.9. The summed E-state index contributed by atoms with van der Waals surface area (Å²) in [7, 11) is 0. The van der Waals surface area contributed by atoms with Crippen molar-refractivity contribution < 1.29 is 159 Å². The van der Waals surface area contributed by atoms with Crippen molar-refractivity contribution in [1.82, 2.24) is 15.6 Å². The molecule has 36 nitrogen and oxygen atoms in total. The summed E-state index contributed by atoms with van der Waals surface area (Å²) in [6.07, 6.45) is -57.0. The molecule has 2 amide bonds. The first-order chi connectivity index (χ1) is 40.1. The third-order valence-corrected chi connectivity index (χ3v) is 15.4. The number of rotatable bonds is 26. The maximum absolute atomic E-state index is 13.3. The number of anilines is 1. The molecule has 4 aliphatic heterocycles. The van der Waals surface area contributed by atoms with Crippen LogP contribution in [0.4, 0.5) is 5.82 Å². The molecule has 6 rings (SSSR count). The second-order valence-corrected chi connectivity index (χ2v) is 21.4. The molecule has 1 aromatic heterocycles. The van der Waals surface area contributed by atoms with Crippen LogP contribution in [0.25, 0.3) is 0 Å². The highest BCUT2D eigenvalue weighted by molar-refractivity contribution is 5.76. The van der Waals surface area contributed by atoms with Crippen LogP contribution in [0.5, 0.6) is 0 Å². The number of aliphatic hydroxyl groups is 19. The number of pyridine rings is 1. The van der Waals surface area contributed by atoms with Gasteiger partial charge in [0.25, 0.3) is 5.79 Å². The van der Waals surface area contributed by atoms with Gasteiger partial charge in [0, 0.05) is 38.9 Å². The summed E-state index contributed by atoms with van der Waals surface area (Å²) in [5.74, 6) is -8.30. The number of carbonyl (C=O) groups excluding carboxylic acids is 2. The summed E-state index contributed by atoms with van der Waals surface area (Å²) in [6, 6.07) is 1.01. The van der Waals surface area contributed by atoms with Gasteiger partial charge >= 0.3 is 5.97 Å². The first-order valence-electron chi connectivity index (χ1n) is 27.0. The quantitative estimate of drug-likeness (QED) is 0.0409. The van der Waals surface area contributed by atoms with E-state index in [9.17, 15) is 117 Å². The van der Waals surface area contributed by atoms with E-state index in [1.165, 1.54) is 19.2 Å². The minimum Gasteiger partial charge on any atom is -0.477 e. The Morgan fingerprint density at radius 1 is 0.624 bits per heavy atom. The zero-order valence-electron chi connectivity index (χ0n) is 45.9. The number of ether oxygens (including phenoxy) is 9. The fourth-order valence-corrected chi connectivity index (χ4v) is 10.7. The first-order valence-corrected chi connectivity index (χ1v) is 27.0. The number of hydrogen-bond acceptors (Lipinski definition) is 33. The van der Waals surface area contributed by atoms with Gasteiger partial charge in [-0.15, -0.1) is 0 Å². The molecule has 0 bridgehead atoms. The number of carboxylic acid groups (broad SMARTS) is 1. The van der Waals surface area contributed by atoms with Crippen LogP contribution in [0, 0.1) is 5.92 Å². The number of amides is 2. The number of hydrogen-bond donors (Lipinski definition) is 23. The first kappa shape index (κ1) is 70.3. The molecule has 0 unspecified atom stereocenters. The van der Waals surface area contributed by atoms with Gasteiger partial charge in [0.2, 0.25) is 11.8 Å². The molecule has 5 heterocycles. The monoisotopic (exact) mass is 1240 g/mol. The molecule has 31 atom stereocenters. The van der Waals surface area contributed by atoms with Crippen molar-refractivity contribution in [3.8, 4) is 0 Å². The number of aliphatic hydroxyl groups excluding tert-OH is 19. The Morgan fingerprint density at radius 2 is 1.18 bits per heavy atom. The van der Waals surface area contributed by atoms with Gasteiger partial charge < -0.3 is 161 Å². The number of carbonyl (C=O) groups is 3. The highest BCUT2D eigenvalue weighted by atomic mass is 16.8. The highest BCUT2D eigenvalue weighted by Gasteiger charge is 2.62. The molecule has 1 aliphatic carbocycles. The van der Waals surface area contributed by atoms with E-state index in [1.807, 2.05) is 0 Å². The van der Waals surface area contributed by atoms with Crippen molar-refractivity contribution in [3.05, 3.63) is 24.4 Å². The summed E-state index contributed by atoms with van der Waals surface area (Å²) in [6.45, 7) is -3.11. The predicted octanol–water partition coefficient (Wildman–Crippen LogP) is -12.8. The van der Waals surface area contributed by atoms with E-state index >= 15 is 0 Å². The molecule has 5 fully saturated rings. The van der Waals surface area contributed by atoms with Crippen LogP contribution < -0.4 is 16.0 Å². The topological polar surface area (TPSA) is 588 Å². The van der Waals surface area contributed by atoms with E-state index < -0.39 is 253 Å². The lowest BCUT2D eigenvalue weighted by atomic mass is 9.79. The maximum Gasteiger partial charge on any atom is 0.364 e. The summed E-state index contributed by atoms with van der Waals surface area (Å²) in [5.41, 5.74) is 0. The van der Waals surface area contributed by atoms with Crippen LogP contribution in [0.1, 0.15) is 27.2 Å². The summed E-state index contributed by atoms with van der Waals surface area (Å²) in [4.78, 5) is 42.7. The zero-order chi connectivity index (χ0) is 63.1. The van der Waals surface area contributed by atoms with Crippen LogP contribution in [-0.4, -0.2) is 348 Å².